The molecule has 1 N–H and O–H groups in total. The lowest BCUT2D eigenvalue weighted by atomic mass is 9.87. The van der Waals surface area contributed by atoms with E-state index in [9.17, 15) is 0 Å². The number of halogens is 2. The summed E-state index contributed by atoms with van der Waals surface area (Å²) in [5.41, 5.74) is 0.586. The van der Waals surface area contributed by atoms with E-state index in [2.05, 4.69) is 20.3 Å². The Morgan fingerprint density at radius 3 is 2.78 bits per heavy atom. The van der Waals surface area contributed by atoms with Gasteiger partial charge in [0.25, 0.3) is 0 Å². The Hall–Kier alpha value is -0.360. The van der Waals surface area contributed by atoms with Crippen molar-refractivity contribution in [1.82, 2.24) is 25.0 Å². The van der Waals surface area contributed by atoms with Crippen LogP contribution < -0.4 is 5.32 Å². The summed E-state index contributed by atoms with van der Waals surface area (Å²) in [5.74, 6) is 0. The predicted molar refractivity (Wildman–Crippen MR) is 75.5 cm³/mol. The normalized spacial score (nSPS) is 27.1. The van der Waals surface area contributed by atoms with Crippen molar-refractivity contribution in [3.8, 4) is 0 Å². The SMILES string of the molecule is Cl.Cl.c1ncn(CCN2CCC3(CCNC3)C2)n1. The van der Waals surface area contributed by atoms with Crippen LogP contribution in [-0.4, -0.2) is 52.4 Å². The van der Waals surface area contributed by atoms with E-state index < -0.39 is 0 Å². The summed E-state index contributed by atoms with van der Waals surface area (Å²) in [6.45, 7) is 6.99. The third-order valence-electron chi connectivity index (χ3n) is 3.96. The van der Waals surface area contributed by atoms with E-state index in [1.54, 1.807) is 12.7 Å². The summed E-state index contributed by atoms with van der Waals surface area (Å²) in [4.78, 5) is 6.53. The van der Waals surface area contributed by atoms with E-state index in [4.69, 9.17) is 0 Å². The average molecular weight is 294 g/mol. The largest absolute Gasteiger partial charge is 0.316 e. The van der Waals surface area contributed by atoms with Crippen molar-refractivity contribution in [2.24, 2.45) is 5.41 Å². The van der Waals surface area contributed by atoms with Crippen LogP contribution in [-0.2, 0) is 6.54 Å². The van der Waals surface area contributed by atoms with Crippen molar-refractivity contribution in [1.29, 1.82) is 0 Å². The van der Waals surface area contributed by atoms with Crippen LogP contribution in [0.4, 0.5) is 0 Å². The molecule has 5 nitrogen and oxygen atoms in total. The van der Waals surface area contributed by atoms with Gasteiger partial charge in [-0.05, 0) is 31.3 Å². The lowest BCUT2D eigenvalue weighted by Gasteiger charge is -2.22. The standard InChI is InChI=1S/C11H19N5.2ClH/c1-3-12-7-11(1)2-4-15(8-11)5-6-16-10-13-9-14-16;;/h9-10,12H,1-8H2;2*1H. The molecule has 1 atom stereocenters. The maximum absolute atomic E-state index is 4.13. The molecule has 0 radical (unpaired) electrons. The first-order valence-corrected chi connectivity index (χ1v) is 6.12. The summed E-state index contributed by atoms with van der Waals surface area (Å²) >= 11 is 0. The predicted octanol–water partition coefficient (Wildman–Crippen LogP) is 0.807. The Labute approximate surface area is 120 Å². The minimum Gasteiger partial charge on any atom is -0.316 e. The second kappa shape index (κ2) is 6.70. The fourth-order valence-corrected chi connectivity index (χ4v) is 2.95. The van der Waals surface area contributed by atoms with Gasteiger partial charge in [-0.1, -0.05) is 0 Å². The van der Waals surface area contributed by atoms with Crippen molar-refractivity contribution in [3.05, 3.63) is 12.7 Å². The minimum absolute atomic E-state index is 0. The Morgan fingerprint density at radius 1 is 1.22 bits per heavy atom. The summed E-state index contributed by atoms with van der Waals surface area (Å²) in [6, 6.07) is 0. The van der Waals surface area contributed by atoms with Crippen LogP contribution >= 0.6 is 24.8 Å². The van der Waals surface area contributed by atoms with Crippen molar-refractivity contribution >= 4 is 24.8 Å². The van der Waals surface area contributed by atoms with Crippen LogP contribution in [0.2, 0.25) is 0 Å². The number of likely N-dealkylation sites (tertiary alicyclic amines) is 1. The highest BCUT2D eigenvalue weighted by atomic mass is 35.5. The first kappa shape index (κ1) is 15.7. The smallest absolute Gasteiger partial charge is 0.137 e. The van der Waals surface area contributed by atoms with Gasteiger partial charge in [-0.2, -0.15) is 5.10 Å². The number of aromatic nitrogens is 3. The molecule has 1 aromatic rings. The molecule has 2 aliphatic rings. The van der Waals surface area contributed by atoms with Crippen LogP contribution in [0.1, 0.15) is 12.8 Å². The summed E-state index contributed by atoms with van der Waals surface area (Å²) in [7, 11) is 0. The highest BCUT2D eigenvalue weighted by molar-refractivity contribution is 5.85. The maximum atomic E-state index is 4.13. The van der Waals surface area contributed by atoms with E-state index in [0.29, 0.717) is 5.41 Å². The molecular formula is C11H21Cl2N5. The molecule has 7 heteroatoms. The Balaban J connectivity index is 0.000000810. The lowest BCUT2D eigenvalue weighted by Crippen LogP contribution is -2.31. The summed E-state index contributed by atoms with van der Waals surface area (Å²) < 4.78 is 1.91. The molecule has 3 rings (SSSR count). The lowest BCUT2D eigenvalue weighted by molar-refractivity contribution is 0.263. The van der Waals surface area contributed by atoms with E-state index in [1.165, 1.54) is 39.0 Å². The molecule has 0 bridgehead atoms. The highest BCUT2D eigenvalue weighted by Crippen LogP contribution is 2.35. The summed E-state index contributed by atoms with van der Waals surface area (Å²) in [5, 5.41) is 7.62. The molecule has 2 saturated heterocycles. The zero-order valence-corrected chi connectivity index (χ0v) is 12.0. The topological polar surface area (TPSA) is 46.0 Å². The van der Waals surface area contributed by atoms with E-state index in [1.807, 2.05) is 4.68 Å². The third-order valence-corrected chi connectivity index (χ3v) is 3.96. The first-order chi connectivity index (χ1) is 7.86. The van der Waals surface area contributed by atoms with Gasteiger partial charge in [0.15, 0.2) is 0 Å². The molecule has 2 aliphatic heterocycles. The minimum atomic E-state index is 0. The van der Waals surface area contributed by atoms with Gasteiger partial charge in [0, 0.05) is 19.6 Å². The highest BCUT2D eigenvalue weighted by Gasteiger charge is 2.39. The monoisotopic (exact) mass is 293 g/mol. The van der Waals surface area contributed by atoms with Crippen molar-refractivity contribution in [2.75, 3.05) is 32.7 Å². The third kappa shape index (κ3) is 3.35. The average Bonchev–Trinajstić information content (AvgIpc) is 3.01. The van der Waals surface area contributed by atoms with Gasteiger partial charge in [-0.25, -0.2) is 4.98 Å². The quantitative estimate of drug-likeness (QED) is 0.896. The van der Waals surface area contributed by atoms with Crippen molar-refractivity contribution < 1.29 is 0 Å². The fraction of sp³-hybridized carbons (Fsp3) is 0.818. The molecular weight excluding hydrogens is 273 g/mol. The van der Waals surface area contributed by atoms with Gasteiger partial charge >= 0.3 is 0 Å². The molecule has 104 valence electrons. The number of hydrogen-bond acceptors (Lipinski definition) is 4. The van der Waals surface area contributed by atoms with Gasteiger partial charge in [-0.3, -0.25) is 4.68 Å². The summed E-state index contributed by atoms with van der Waals surface area (Å²) in [6.07, 6.45) is 6.11. The Kier molecular flexibility index (Phi) is 5.85. The Morgan fingerprint density at radius 2 is 2.11 bits per heavy atom. The molecule has 2 fully saturated rings. The first-order valence-electron chi connectivity index (χ1n) is 6.12. The van der Waals surface area contributed by atoms with E-state index in [-0.39, 0.29) is 24.8 Å². The second-order valence-electron chi connectivity index (χ2n) is 5.11. The molecule has 18 heavy (non-hydrogen) atoms. The molecule has 0 aliphatic carbocycles. The van der Waals surface area contributed by atoms with E-state index >= 15 is 0 Å². The molecule has 3 heterocycles. The number of nitrogens with one attached hydrogen (secondary N) is 1. The van der Waals surface area contributed by atoms with Crippen LogP contribution in [0.5, 0.6) is 0 Å². The maximum Gasteiger partial charge on any atom is 0.137 e. The fourth-order valence-electron chi connectivity index (χ4n) is 2.95. The molecule has 0 saturated carbocycles. The second-order valence-corrected chi connectivity index (χ2v) is 5.11. The zero-order valence-electron chi connectivity index (χ0n) is 10.4. The van der Waals surface area contributed by atoms with Crippen molar-refractivity contribution in [2.45, 2.75) is 19.4 Å². The zero-order chi connectivity index (χ0) is 10.8. The number of nitrogens with zero attached hydrogens (tertiary/aromatic N) is 4. The van der Waals surface area contributed by atoms with E-state index in [0.717, 1.165) is 13.1 Å². The van der Waals surface area contributed by atoms with Crippen LogP contribution in [0.25, 0.3) is 0 Å². The van der Waals surface area contributed by atoms with Gasteiger partial charge in [-0.15, -0.1) is 24.8 Å². The van der Waals surface area contributed by atoms with Gasteiger partial charge in [0.2, 0.25) is 0 Å². The van der Waals surface area contributed by atoms with Crippen LogP contribution in [0.15, 0.2) is 12.7 Å². The molecule has 1 spiro atoms. The van der Waals surface area contributed by atoms with Crippen LogP contribution in [0, 0.1) is 5.41 Å². The molecule has 0 aromatic carbocycles. The van der Waals surface area contributed by atoms with Gasteiger partial charge in [0.1, 0.15) is 12.7 Å². The van der Waals surface area contributed by atoms with Gasteiger partial charge in [0.05, 0.1) is 6.54 Å². The van der Waals surface area contributed by atoms with Gasteiger partial charge < -0.3 is 10.2 Å². The molecule has 1 unspecified atom stereocenters. The molecule has 1 aromatic heterocycles. The molecule has 0 amide bonds. The van der Waals surface area contributed by atoms with Crippen molar-refractivity contribution in [3.63, 3.8) is 0 Å². The van der Waals surface area contributed by atoms with Crippen LogP contribution in [0.3, 0.4) is 0 Å². The number of rotatable bonds is 3. The number of hydrogen-bond donors (Lipinski definition) is 1. The Bertz CT molecular complexity index is 337.